The summed E-state index contributed by atoms with van der Waals surface area (Å²) in [5, 5.41) is 2.89. The van der Waals surface area contributed by atoms with Crippen LogP contribution in [0.4, 0.5) is 11.4 Å². The van der Waals surface area contributed by atoms with E-state index in [1.165, 1.54) is 4.31 Å². The largest absolute Gasteiger partial charge is 0.494 e. The van der Waals surface area contributed by atoms with Gasteiger partial charge in [0.05, 0.1) is 17.4 Å². The molecule has 0 spiro atoms. The van der Waals surface area contributed by atoms with Gasteiger partial charge in [0.15, 0.2) is 0 Å². The number of halogens is 1. The summed E-state index contributed by atoms with van der Waals surface area (Å²) in [6.45, 7) is 5.26. The molecule has 0 unspecified atom stereocenters. The van der Waals surface area contributed by atoms with E-state index in [1.54, 1.807) is 48.2 Å². The van der Waals surface area contributed by atoms with Crippen molar-refractivity contribution >= 4 is 49.1 Å². The van der Waals surface area contributed by atoms with Crippen molar-refractivity contribution in [3.63, 3.8) is 0 Å². The minimum Gasteiger partial charge on any atom is -0.494 e. The first-order valence-electron chi connectivity index (χ1n) is 11.9. The number of rotatable bonds is 7. The van der Waals surface area contributed by atoms with Crippen molar-refractivity contribution in [2.75, 3.05) is 36.5 Å². The molecule has 0 aromatic heterocycles. The fourth-order valence-corrected chi connectivity index (χ4v) is 7.19. The molecule has 1 saturated heterocycles. The van der Waals surface area contributed by atoms with Crippen LogP contribution in [0.3, 0.4) is 0 Å². The number of nitrogens with zero attached hydrogens (tertiary/aromatic N) is 2. The molecule has 35 heavy (non-hydrogen) atoms. The van der Waals surface area contributed by atoms with Gasteiger partial charge in [-0.05, 0) is 84.1 Å². The van der Waals surface area contributed by atoms with E-state index >= 15 is 0 Å². The van der Waals surface area contributed by atoms with E-state index in [-0.39, 0.29) is 23.3 Å². The van der Waals surface area contributed by atoms with Gasteiger partial charge in [0, 0.05) is 41.9 Å². The average Bonchev–Trinajstić information content (AvgIpc) is 3.27. The van der Waals surface area contributed by atoms with E-state index in [0.29, 0.717) is 61.2 Å². The molecule has 2 aliphatic rings. The summed E-state index contributed by atoms with van der Waals surface area (Å²) < 4.78 is 34.5. The summed E-state index contributed by atoms with van der Waals surface area (Å²) in [5.74, 6) is 0.0243. The Hall–Kier alpha value is -2.43. The Morgan fingerprint density at radius 2 is 1.89 bits per heavy atom. The number of carbonyl (C=O) groups is 2. The molecule has 0 saturated carbocycles. The highest BCUT2D eigenvalue weighted by Gasteiger charge is 2.36. The predicted octanol–water partition coefficient (Wildman–Crippen LogP) is 4.19. The molecule has 1 atom stereocenters. The number of benzene rings is 2. The zero-order chi connectivity index (χ0) is 25.2. The number of ether oxygens (including phenoxy) is 1. The Labute approximate surface area is 214 Å². The number of piperidine rings is 1. The van der Waals surface area contributed by atoms with E-state index < -0.39 is 15.9 Å². The number of anilines is 2. The van der Waals surface area contributed by atoms with Gasteiger partial charge in [-0.15, -0.1) is 0 Å². The molecule has 0 radical (unpaired) electrons. The van der Waals surface area contributed by atoms with Crippen molar-refractivity contribution in [1.29, 1.82) is 0 Å². The Morgan fingerprint density at radius 3 is 2.57 bits per heavy atom. The molecule has 2 aromatic rings. The predicted molar refractivity (Wildman–Crippen MR) is 138 cm³/mol. The molecular weight excluding hydrogens is 534 g/mol. The smallest absolute Gasteiger partial charge is 0.244 e. The normalized spacial score (nSPS) is 18.3. The number of nitrogens with one attached hydrogen (secondary N) is 1. The second-order valence-electron chi connectivity index (χ2n) is 8.71. The van der Waals surface area contributed by atoms with Gasteiger partial charge in [-0.1, -0.05) is 6.92 Å². The minimum absolute atomic E-state index is 0.0292. The highest BCUT2D eigenvalue weighted by atomic mass is 79.9. The zero-order valence-corrected chi connectivity index (χ0v) is 22.3. The van der Waals surface area contributed by atoms with Gasteiger partial charge in [-0.25, -0.2) is 8.42 Å². The van der Waals surface area contributed by atoms with Crippen molar-refractivity contribution in [3.8, 4) is 5.75 Å². The summed E-state index contributed by atoms with van der Waals surface area (Å²) in [5.41, 5.74) is 2.24. The first kappa shape index (κ1) is 25.7. The van der Waals surface area contributed by atoms with Gasteiger partial charge in [-0.2, -0.15) is 4.31 Å². The van der Waals surface area contributed by atoms with Crippen LogP contribution in [-0.4, -0.2) is 50.8 Å². The van der Waals surface area contributed by atoms with Crippen LogP contribution in [0.2, 0.25) is 0 Å². The van der Waals surface area contributed by atoms with Crippen LogP contribution in [0.25, 0.3) is 0 Å². The van der Waals surface area contributed by atoms with Crippen LogP contribution in [0.15, 0.2) is 45.8 Å². The molecule has 2 aromatic carbocycles. The lowest BCUT2D eigenvalue weighted by Crippen LogP contribution is -2.43. The van der Waals surface area contributed by atoms with Crippen LogP contribution in [0.1, 0.15) is 38.7 Å². The number of fused-ring (bicyclic) bond motifs is 1. The standard InChI is InChI=1S/C25H30BrN3O5S/c1-3-24(30)29-13-11-17-14-21(26)23(15-22(17)29)35(32,33)28-12-5-6-18(16-28)25(31)27-19-7-9-20(10-8-19)34-4-2/h7-10,14-15,18H,3-6,11-13,16H2,1-2H3,(H,27,31)/t18-/m1/s1. The second-order valence-corrected chi connectivity index (χ2v) is 11.5. The Bertz CT molecular complexity index is 1220. The van der Waals surface area contributed by atoms with Gasteiger partial charge in [-0.3, -0.25) is 9.59 Å². The quantitative estimate of drug-likeness (QED) is 0.545. The maximum absolute atomic E-state index is 13.6. The Balaban J connectivity index is 1.51. The molecule has 2 amide bonds. The third-order valence-electron chi connectivity index (χ3n) is 6.44. The lowest BCUT2D eigenvalue weighted by atomic mass is 9.99. The Kier molecular flexibility index (Phi) is 7.83. The molecule has 2 heterocycles. The molecular formula is C25H30BrN3O5S. The zero-order valence-electron chi connectivity index (χ0n) is 19.9. The van der Waals surface area contributed by atoms with Crippen molar-refractivity contribution < 1.29 is 22.7 Å². The fourth-order valence-electron chi connectivity index (χ4n) is 4.59. The topological polar surface area (TPSA) is 96.0 Å². The van der Waals surface area contributed by atoms with Crippen LogP contribution >= 0.6 is 15.9 Å². The maximum Gasteiger partial charge on any atom is 0.244 e. The monoisotopic (exact) mass is 563 g/mol. The van der Waals surface area contributed by atoms with Gasteiger partial charge < -0.3 is 15.0 Å². The third kappa shape index (κ3) is 5.39. The molecule has 1 N–H and O–H groups in total. The highest BCUT2D eigenvalue weighted by molar-refractivity contribution is 9.10. The number of hydrogen-bond acceptors (Lipinski definition) is 5. The van der Waals surface area contributed by atoms with Gasteiger partial charge in [0.25, 0.3) is 0 Å². The van der Waals surface area contributed by atoms with Crippen molar-refractivity contribution in [2.24, 2.45) is 5.92 Å². The molecule has 8 nitrogen and oxygen atoms in total. The first-order chi connectivity index (χ1) is 16.7. The maximum atomic E-state index is 13.6. The summed E-state index contributed by atoms with van der Waals surface area (Å²) in [4.78, 5) is 27.1. The lowest BCUT2D eigenvalue weighted by Gasteiger charge is -2.31. The summed E-state index contributed by atoms with van der Waals surface area (Å²) in [7, 11) is -3.87. The van der Waals surface area contributed by atoms with Gasteiger partial charge in [0.2, 0.25) is 21.8 Å². The van der Waals surface area contributed by atoms with Crippen molar-refractivity contribution in [1.82, 2.24) is 4.31 Å². The molecule has 4 rings (SSSR count). The number of amides is 2. The summed E-state index contributed by atoms with van der Waals surface area (Å²) in [6, 6.07) is 10.5. The van der Waals surface area contributed by atoms with Gasteiger partial charge in [0.1, 0.15) is 5.75 Å². The number of hydrogen-bond donors (Lipinski definition) is 1. The molecule has 2 aliphatic heterocycles. The van der Waals surface area contributed by atoms with E-state index in [1.807, 2.05) is 6.92 Å². The summed E-state index contributed by atoms with van der Waals surface area (Å²) in [6.07, 6.45) is 2.25. The molecule has 1 fully saturated rings. The van der Waals surface area contributed by atoms with Crippen LogP contribution in [-0.2, 0) is 26.0 Å². The van der Waals surface area contributed by atoms with E-state index in [2.05, 4.69) is 21.2 Å². The van der Waals surface area contributed by atoms with Crippen LogP contribution in [0.5, 0.6) is 5.75 Å². The number of sulfonamides is 1. The molecule has 0 bridgehead atoms. The number of carbonyl (C=O) groups excluding carboxylic acids is 2. The van der Waals surface area contributed by atoms with E-state index in [9.17, 15) is 18.0 Å². The van der Waals surface area contributed by atoms with Gasteiger partial charge >= 0.3 is 0 Å². The molecule has 0 aliphatic carbocycles. The van der Waals surface area contributed by atoms with Crippen molar-refractivity contribution in [3.05, 3.63) is 46.4 Å². The molecule has 10 heteroatoms. The summed E-state index contributed by atoms with van der Waals surface area (Å²) >= 11 is 3.43. The molecule has 188 valence electrons. The fraction of sp³-hybridized carbons (Fsp3) is 0.440. The Morgan fingerprint density at radius 1 is 1.14 bits per heavy atom. The average molecular weight is 565 g/mol. The SMILES string of the molecule is CCOc1ccc(NC(=O)[C@@H]2CCCN(S(=O)(=O)c3cc4c(cc3Br)CCN4C(=O)CC)C2)cc1. The van der Waals surface area contributed by atoms with E-state index in [4.69, 9.17) is 4.74 Å². The second kappa shape index (κ2) is 10.7. The van der Waals surface area contributed by atoms with Crippen LogP contribution < -0.4 is 15.0 Å². The first-order valence-corrected chi connectivity index (χ1v) is 14.1. The van der Waals surface area contributed by atoms with E-state index in [0.717, 1.165) is 11.3 Å². The minimum atomic E-state index is -3.87. The van der Waals surface area contributed by atoms with Crippen molar-refractivity contribution in [2.45, 2.75) is 44.4 Å². The highest BCUT2D eigenvalue weighted by Crippen LogP contribution is 2.37. The third-order valence-corrected chi connectivity index (χ3v) is 9.26. The lowest BCUT2D eigenvalue weighted by molar-refractivity contribution is -0.121. The van der Waals surface area contributed by atoms with Crippen LogP contribution in [0, 0.1) is 5.92 Å².